The monoisotopic (exact) mass is 211 g/mol. The zero-order valence-electron chi connectivity index (χ0n) is 9.54. The number of piperazine rings is 1. The maximum atomic E-state index is 11.1. The van der Waals surface area contributed by atoms with Crippen LogP contribution in [0.2, 0.25) is 0 Å². The van der Waals surface area contributed by atoms with Crippen LogP contribution in [0, 0.1) is 0 Å². The molecule has 0 aromatic carbocycles. The van der Waals surface area contributed by atoms with Crippen molar-refractivity contribution in [1.82, 2.24) is 15.1 Å². The number of nitrogens with one attached hydrogen (secondary N) is 1. The van der Waals surface area contributed by atoms with E-state index < -0.39 is 0 Å². The van der Waals surface area contributed by atoms with Crippen molar-refractivity contribution in [2.75, 3.05) is 39.3 Å². The fourth-order valence-corrected chi connectivity index (χ4v) is 2.47. The number of hydrogen-bond acceptors (Lipinski definition) is 3. The minimum absolute atomic E-state index is 0.216. The lowest BCUT2D eigenvalue weighted by molar-refractivity contribution is -0.130. The van der Waals surface area contributed by atoms with Gasteiger partial charge in [0.05, 0.1) is 0 Å². The lowest BCUT2D eigenvalue weighted by atomic mass is 10.2. The first-order valence-electron chi connectivity index (χ1n) is 5.97. The quantitative estimate of drug-likeness (QED) is 0.693. The van der Waals surface area contributed by atoms with Gasteiger partial charge in [0.1, 0.15) is 0 Å². The lowest BCUT2D eigenvalue weighted by Gasteiger charge is -2.35. The Bertz CT molecular complexity index is 218. The van der Waals surface area contributed by atoms with E-state index in [-0.39, 0.29) is 5.91 Å². The second-order valence-electron chi connectivity index (χ2n) is 4.60. The van der Waals surface area contributed by atoms with Crippen LogP contribution in [0.3, 0.4) is 0 Å². The maximum Gasteiger partial charge on any atom is 0.219 e. The molecule has 86 valence electrons. The highest BCUT2D eigenvalue weighted by Gasteiger charge is 2.22. The summed E-state index contributed by atoms with van der Waals surface area (Å²) >= 11 is 0. The van der Waals surface area contributed by atoms with Gasteiger partial charge in [-0.15, -0.1) is 0 Å². The molecule has 15 heavy (non-hydrogen) atoms. The Balaban J connectivity index is 1.71. The fraction of sp³-hybridized carbons (Fsp3) is 0.909. The first-order chi connectivity index (χ1) is 7.25. The van der Waals surface area contributed by atoms with Gasteiger partial charge >= 0.3 is 0 Å². The van der Waals surface area contributed by atoms with Crippen molar-refractivity contribution in [2.45, 2.75) is 25.8 Å². The highest BCUT2D eigenvalue weighted by molar-refractivity contribution is 5.73. The van der Waals surface area contributed by atoms with Crippen LogP contribution in [0.25, 0.3) is 0 Å². The molecule has 0 spiro atoms. The zero-order chi connectivity index (χ0) is 10.7. The molecule has 1 atom stereocenters. The Morgan fingerprint density at radius 1 is 1.33 bits per heavy atom. The Labute approximate surface area is 91.6 Å². The molecule has 0 unspecified atom stereocenters. The van der Waals surface area contributed by atoms with Gasteiger partial charge in [-0.05, 0) is 19.4 Å². The molecular weight excluding hydrogens is 190 g/mol. The normalized spacial score (nSPS) is 28.3. The molecule has 0 aromatic heterocycles. The van der Waals surface area contributed by atoms with Gasteiger partial charge in [0.2, 0.25) is 5.91 Å². The Hall–Kier alpha value is -0.610. The van der Waals surface area contributed by atoms with E-state index in [1.807, 2.05) is 4.90 Å². The highest BCUT2D eigenvalue weighted by Crippen LogP contribution is 2.09. The summed E-state index contributed by atoms with van der Waals surface area (Å²) in [7, 11) is 0. The van der Waals surface area contributed by atoms with Gasteiger partial charge in [-0.3, -0.25) is 9.69 Å². The van der Waals surface area contributed by atoms with Crippen LogP contribution in [0.5, 0.6) is 0 Å². The second-order valence-corrected chi connectivity index (χ2v) is 4.60. The number of carbonyl (C=O) groups excluding carboxylic acids is 1. The van der Waals surface area contributed by atoms with Crippen molar-refractivity contribution in [1.29, 1.82) is 0 Å². The van der Waals surface area contributed by atoms with E-state index in [4.69, 9.17) is 0 Å². The SMILES string of the molecule is CC(=O)N1CCN(C[C@@H]2CCCN2)CC1. The minimum Gasteiger partial charge on any atom is -0.340 e. The van der Waals surface area contributed by atoms with Crippen LogP contribution >= 0.6 is 0 Å². The molecule has 0 aromatic rings. The van der Waals surface area contributed by atoms with Crippen LogP contribution in [0.15, 0.2) is 0 Å². The number of nitrogens with zero attached hydrogens (tertiary/aromatic N) is 2. The molecule has 2 aliphatic heterocycles. The third-order valence-electron chi connectivity index (χ3n) is 3.46. The Kier molecular flexibility index (Phi) is 3.59. The molecule has 2 rings (SSSR count). The lowest BCUT2D eigenvalue weighted by Crippen LogP contribution is -2.50. The smallest absolute Gasteiger partial charge is 0.219 e. The predicted octanol–water partition coefficient (Wildman–Crippen LogP) is -0.0975. The van der Waals surface area contributed by atoms with E-state index in [9.17, 15) is 4.79 Å². The van der Waals surface area contributed by atoms with Crippen molar-refractivity contribution in [3.63, 3.8) is 0 Å². The first-order valence-corrected chi connectivity index (χ1v) is 5.97. The van der Waals surface area contributed by atoms with Crippen molar-refractivity contribution in [2.24, 2.45) is 0 Å². The Morgan fingerprint density at radius 3 is 2.60 bits per heavy atom. The van der Waals surface area contributed by atoms with Gasteiger partial charge in [-0.25, -0.2) is 0 Å². The highest BCUT2D eigenvalue weighted by atomic mass is 16.2. The zero-order valence-corrected chi connectivity index (χ0v) is 9.54. The largest absolute Gasteiger partial charge is 0.340 e. The number of carbonyl (C=O) groups is 1. The van der Waals surface area contributed by atoms with Crippen LogP contribution < -0.4 is 5.32 Å². The van der Waals surface area contributed by atoms with Crippen molar-refractivity contribution in [3.8, 4) is 0 Å². The molecule has 2 aliphatic rings. The summed E-state index contributed by atoms with van der Waals surface area (Å²) in [5, 5.41) is 3.52. The maximum absolute atomic E-state index is 11.1. The molecule has 0 radical (unpaired) electrons. The van der Waals surface area contributed by atoms with Crippen LogP contribution in [0.4, 0.5) is 0 Å². The molecule has 2 heterocycles. The molecule has 0 bridgehead atoms. The molecule has 0 aliphatic carbocycles. The molecule has 4 nitrogen and oxygen atoms in total. The molecule has 2 saturated heterocycles. The van der Waals surface area contributed by atoms with Crippen molar-refractivity contribution < 1.29 is 4.79 Å². The summed E-state index contributed by atoms with van der Waals surface area (Å²) in [6.45, 7) is 7.89. The van der Waals surface area contributed by atoms with Gasteiger partial charge < -0.3 is 10.2 Å². The van der Waals surface area contributed by atoms with Crippen LogP contribution in [-0.4, -0.2) is 61.0 Å². The first kappa shape index (κ1) is 10.9. The van der Waals surface area contributed by atoms with E-state index in [2.05, 4.69) is 10.2 Å². The van der Waals surface area contributed by atoms with Gasteiger partial charge in [0.25, 0.3) is 0 Å². The molecule has 4 heteroatoms. The van der Waals surface area contributed by atoms with E-state index >= 15 is 0 Å². The second kappa shape index (κ2) is 4.94. The van der Waals surface area contributed by atoms with Crippen molar-refractivity contribution in [3.05, 3.63) is 0 Å². The average molecular weight is 211 g/mol. The number of rotatable bonds is 2. The van der Waals surface area contributed by atoms with Gasteiger partial charge in [-0.2, -0.15) is 0 Å². The van der Waals surface area contributed by atoms with E-state index in [0.717, 1.165) is 32.7 Å². The van der Waals surface area contributed by atoms with E-state index in [1.165, 1.54) is 19.4 Å². The fourth-order valence-electron chi connectivity index (χ4n) is 2.47. The predicted molar refractivity (Wildman–Crippen MR) is 59.7 cm³/mol. The molecule has 2 fully saturated rings. The summed E-state index contributed by atoms with van der Waals surface area (Å²) in [6.07, 6.45) is 2.63. The van der Waals surface area contributed by atoms with Gasteiger partial charge in [0, 0.05) is 45.7 Å². The van der Waals surface area contributed by atoms with Gasteiger partial charge in [-0.1, -0.05) is 0 Å². The topological polar surface area (TPSA) is 35.6 Å². The van der Waals surface area contributed by atoms with E-state index in [0.29, 0.717) is 6.04 Å². The Morgan fingerprint density at radius 2 is 2.07 bits per heavy atom. The summed E-state index contributed by atoms with van der Waals surface area (Å²) in [5.74, 6) is 0.216. The minimum atomic E-state index is 0.216. The van der Waals surface area contributed by atoms with Gasteiger partial charge in [0.15, 0.2) is 0 Å². The third-order valence-corrected chi connectivity index (χ3v) is 3.46. The third kappa shape index (κ3) is 2.92. The molecule has 0 saturated carbocycles. The molecule has 1 amide bonds. The average Bonchev–Trinajstić information content (AvgIpc) is 2.71. The summed E-state index contributed by atoms with van der Waals surface area (Å²) < 4.78 is 0. The number of hydrogen-bond donors (Lipinski definition) is 1. The summed E-state index contributed by atoms with van der Waals surface area (Å²) in [4.78, 5) is 15.6. The van der Waals surface area contributed by atoms with Crippen LogP contribution in [0.1, 0.15) is 19.8 Å². The van der Waals surface area contributed by atoms with Crippen LogP contribution in [-0.2, 0) is 4.79 Å². The molecular formula is C11H21N3O. The number of amides is 1. The summed E-state index contributed by atoms with van der Waals surface area (Å²) in [6, 6.07) is 0.689. The van der Waals surface area contributed by atoms with Crippen molar-refractivity contribution >= 4 is 5.91 Å². The standard InChI is InChI=1S/C11H21N3O/c1-10(15)14-7-5-13(6-8-14)9-11-3-2-4-12-11/h11-12H,2-9H2,1H3/t11-/m0/s1. The molecule has 1 N–H and O–H groups in total. The summed E-state index contributed by atoms with van der Waals surface area (Å²) in [5.41, 5.74) is 0. The van der Waals surface area contributed by atoms with E-state index in [1.54, 1.807) is 6.92 Å².